The fourth-order valence-corrected chi connectivity index (χ4v) is 3.45. The average molecular weight is 480 g/mol. The first-order valence-corrected chi connectivity index (χ1v) is 11.0. The zero-order valence-corrected chi connectivity index (χ0v) is 20.0. The van der Waals surface area contributed by atoms with Gasteiger partial charge in [-0.3, -0.25) is 14.5 Å². The third-order valence-electron chi connectivity index (χ3n) is 5.27. The van der Waals surface area contributed by atoms with E-state index in [0.717, 1.165) is 23.4 Å². The van der Waals surface area contributed by atoms with E-state index in [4.69, 9.17) is 10.5 Å². The van der Waals surface area contributed by atoms with Gasteiger partial charge in [-0.1, -0.05) is 30.3 Å². The van der Waals surface area contributed by atoms with Gasteiger partial charge in [0.05, 0.1) is 24.3 Å². The molecule has 1 aliphatic rings. The minimum absolute atomic E-state index is 0.131. The second kappa shape index (κ2) is 11.3. The van der Waals surface area contributed by atoms with Crippen molar-refractivity contribution >= 4 is 23.5 Å². The average Bonchev–Trinajstić information content (AvgIpc) is 3.32. The summed E-state index contributed by atoms with van der Waals surface area (Å²) >= 11 is 0. The predicted octanol–water partition coefficient (Wildman–Crippen LogP) is 2.45. The lowest BCUT2D eigenvalue weighted by Crippen LogP contribution is -2.24. The number of amides is 2. The summed E-state index contributed by atoms with van der Waals surface area (Å²) in [6.07, 6.45) is 0.862. The van der Waals surface area contributed by atoms with Gasteiger partial charge in [0.25, 0.3) is 11.8 Å². The molecule has 35 heavy (non-hydrogen) atoms. The molecule has 2 amide bonds. The summed E-state index contributed by atoms with van der Waals surface area (Å²) in [5.74, 6) is -1.20. The highest BCUT2D eigenvalue weighted by molar-refractivity contribution is 6.21. The normalized spacial score (nSPS) is 12.4. The standard InChI is InChI=1S/C16H21N3O3.C9H8N2O2/c1-18(2)9-6-10-22-15-11-14(16(20)21)19(17-15)12-13-7-4-3-5-8-13;1-11-8(12)6-3-2-5(10)4-7(6)9(11)13/h3-5,7-8,11H,6,9-10,12H2,1-2H3,(H,20,21);2-4H,10H2,1H3. The number of anilines is 1. The van der Waals surface area contributed by atoms with Crippen LogP contribution < -0.4 is 10.5 Å². The number of nitrogens with zero attached hydrogens (tertiary/aromatic N) is 4. The van der Waals surface area contributed by atoms with Gasteiger partial charge in [-0.25, -0.2) is 9.48 Å². The van der Waals surface area contributed by atoms with E-state index >= 15 is 0 Å². The molecule has 3 aromatic rings. The van der Waals surface area contributed by atoms with E-state index in [-0.39, 0.29) is 17.5 Å². The number of carbonyl (C=O) groups is 3. The first-order chi connectivity index (χ1) is 16.7. The van der Waals surface area contributed by atoms with Crippen LogP contribution >= 0.6 is 0 Å². The number of benzene rings is 2. The number of rotatable bonds is 8. The number of aromatic nitrogens is 2. The number of nitrogen functional groups attached to an aromatic ring is 1. The molecule has 184 valence electrons. The number of fused-ring (bicyclic) bond motifs is 1. The Morgan fingerprint density at radius 1 is 1.06 bits per heavy atom. The summed E-state index contributed by atoms with van der Waals surface area (Å²) in [5, 5.41) is 13.5. The maximum atomic E-state index is 11.4. The molecule has 10 nitrogen and oxygen atoms in total. The number of aromatic carboxylic acids is 1. The van der Waals surface area contributed by atoms with Gasteiger partial charge in [-0.2, -0.15) is 0 Å². The molecule has 0 aliphatic carbocycles. The summed E-state index contributed by atoms with van der Waals surface area (Å²) in [6, 6.07) is 15.8. The van der Waals surface area contributed by atoms with Crippen LogP contribution in [0.3, 0.4) is 0 Å². The van der Waals surface area contributed by atoms with Gasteiger partial charge in [-0.15, -0.1) is 5.10 Å². The molecule has 0 saturated heterocycles. The van der Waals surface area contributed by atoms with Crippen molar-refractivity contribution in [2.24, 2.45) is 0 Å². The highest BCUT2D eigenvalue weighted by Gasteiger charge is 2.32. The summed E-state index contributed by atoms with van der Waals surface area (Å²) < 4.78 is 7.00. The number of ether oxygens (including phenoxy) is 1. The maximum Gasteiger partial charge on any atom is 0.354 e. The van der Waals surface area contributed by atoms with Crippen LogP contribution in [0, 0.1) is 0 Å². The Morgan fingerprint density at radius 2 is 1.74 bits per heavy atom. The Bertz CT molecular complexity index is 1210. The van der Waals surface area contributed by atoms with Crippen molar-refractivity contribution in [2.45, 2.75) is 13.0 Å². The summed E-state index contributed by atoms with van der Waals surface area (Å²) in [6.45, 7) is 1.83. The summed E-state index contributed by atoms with van der Waals surface area (Å²) in [5.41, 5.74) is 7.95. The van der Waals surface area contributed by atoms with Gasteiger partial charge < -0.3 is 20.5 Å². The van der Waals surface area contributed by atoms with E-state index < -0.39 is 5.97 Å². The minimum Gasteiger partial charge on any atom is -0.477 e. The Hall–Kier alpha value is -4.18. The molecule has 1 aliphatic heterocycles. The maximum absolute atomic E-state index is 11.4. The first-order valence-electron chi connectivity index (χ1n) is 11.0. The molecule has 0 fully saturated rings. The molecule has 2 heterocycles. The largest absolute Gasteiger partial charge is 0.477 e. The van der Waals surface area contributed by atoms with Crippen molar-refractivity contribution in [2.75, 3.05) is 40.0 Å². The number of carboxylic acid groups (broad SMARTS) is 1. The Morgan fingerprint density at radius 3 is 2.40 bits per heavy atom. The number of hydrogen-bond donors (Lipinski definition) is 2. The van der Waals surface area contributed by atoms with E-state index in [2.05, 4.69) is 10.00 Å². The third-order valence-corrected chi connectivity index (χ3v) is 5.27. The van der Waals surface area contributed by atoms with Gasteiger partial charge in [0.1, 0.15) is 0 Å². The molecule has 0 spiro atoms. The molecule has 3 N–H and O–H groups in total. The van der Waals surface area contributed by atoms with Crippen LogP contribution in [-0.4, -0.2) is 76.8 Å². The summed E-state index contributed by atoms with van der Waals surface area (Å²) in [7, 11) is 5.45. The van der Waals surface area contributed by atoms with Crippen molar-refractivity contribution < 1.29 is 24.2 Å². The van der Waals surface area contributed by atoms with Crippen molar-refractivity contribution in [3.05, 3.63) is 77.0 Å². The lowest BCUT2D eigenvalue weighted by Gasteiger charge is -2.08. The molecule has 0 radical (unpaired) electrons. The van der Waals surface area contributed by atoms with Crippen LogP contribution in [0.2, 0.25) is 0 Å². The zero-order valence-electron chi connectivity index (χ0n) is 20.0. The molecule has 2 aromatic carbocycles. The van der Waals surface area contributed by atoms with Crippen LogP contribution in [0.15, 0.2) is 54.6 Å². The molecule has 0 unspecified atom stereocenters. The first kappa shape index (κ1) is 25.4. The Labute approximate surface area is 203 Å². The minimum atomic E-state index is -1.01. The van der Waals surface area contributed by atoms with Gasteiger partial charge in [0, 0.05) is 25.3 Å². The molecule has 0 saturated carbocycles. The van der Waals surface area contributed by atoms with Gasteiger partial charge in [0.2, 0.25) is 5.88 Å². The van der Waals surface area contributed by atoms with Crippen LogP contribution in [0.1, 0.15) is 43.2 Å². The van der Waals surface area contributed by atoms with E-state index in [1.54, 1.807) is 12.1 Å². The second-order valence-electron chi connectivity index (χ2n) is 8.30. The highest BCUT2D eigenvalue weighted by atomic mass is 16.5. The van der Waals surface area contributed by atoms with Crippen LogP contribution in [0.4, 0.5) is 5.69 Å². The second-order valence-corrected chi connectivity index (χ2v) is 8.30. The predicted molar refractivity (Wildman–Crippen MR) is 131 cm³/mol. The van der Waals surface area contributed by atoms with Crippen LogP contribution in [-0.2, 0) is 6.54 Å². The number of imide groups is 1. The van der Waals surface area contributed by atoms with Crippen molar-refractivity contribution in [3.63, 3.8) is 0 Å². The lowest BCUT2D eigenvalue weighted by molar-refractivity contribution is 0.0675. The molecule has 0 atom stereocenters. The highest BCUT2D eigenvalue weighted by Crippen LogP contribution is 2.23. The molecule has 1 aromatic heterocycles. The topological polar surface area (TPSA) is 131 Å². The van der Waals surface area contributed by atoms with E-state index in [1.165, 1.54) is 23.9 Å². The fourth-order valence-electron chi connectivity index (χ4n) is 3.45. The molecule has 4 rings (SSSR count). The molecular formula is C25H29N5O5. The lowest BCUT2D eigenvalue weighted by atomic mass is 10.1. The molecular weight excluding hydrogens is 450 g/mol. The number of nitrogens with two attached hydrogens (primary N) is 1. The van der Waals surface area contributed by atoms with Crippen LogP contribution in [0.25, 0.3) is 0 Å². The number of hydrogen-bond acceptors (Lipinski definition) is 7. The van der Waals surface area contributed by atoms with Gasteiger partial charge >= 0.3 is 5.97 Å². The number of carbonyl (C=O) groups excluding carboxylic acids is 2. The van der Waals surface area contributed by atoms with Crippen molar-refractivity contribution in [1.29, 1.82) is 0 Å². The summed E-state index contributed by atoms with van der Waals surface area (Å²) in [4.78, 5) is 37.3. The zero-order chi connectivity index (χ0) is 25.5. The van der Waals surface area contributed by atoms with E-state index in [0.29, 0.717) is 35.8 Å². The van der Waals surface area contributed by atoms with Crippen LogP contribution in [0.5, 0.6) is 5.88 Å². The Kier molecular flexibility index (Phi) is 8.21. The molecule has 10 heteroatoms. The number of carboxylic acids is 1. The smallest absolute Gasteiger partial charge is 0.354 e. The third kappa shape index (κ3) is 6.45. The Balaban J connectivity index is 0.000000223. The molecule has 0 bridgehead atoms. The van der Waals surface area contributed by atoms with Gasteiger partial charge in [-0.05, 0) is 44.3 Å². The van der Waals surface area contributed by atoms with E-state index in [1.807, 2.05) is 44.4 Å². The van der Waals surface area contributed by atoms with Crippen molar-refractivity contribution in [3.8, 4) is 5.88 Å². The SMILES string of the molecule is CN(C)CCCOc1cc(C(=O)O)n(Cc2ccccc2)n1.CN1C(=O)c2ccc(N)cc2C1=O. The fraction of sp³-hybridized carbons (Fsp3) is 0.280. The van der Waals surface area contributed by atoms with E-state index in [9.17, 15) is 19.5 Å². The van der Waals surface area contributed by atoms with Gasteiger partial charge in [0.15, 0.2) is 5.69 Å². The monoisotopic (exact) mass is 479 g/mol. The quantitative estimate of drug-likeness (QED) is 0.286. The van der Waals surface area contributed by atoms with Crippen molar-refractivity contribution in [1.82, 2.24) is 19.6 Å².